The van der Waals surface area contributed by atoms with Gasteiger partial charge in [-0.15, -0.1) is 0 Å². The van der Waals surface area contributed by atoms with Crippen LogP contribution in [0, 0.1) is 12.8 Å². The Balaban J connectivity index is 2.66. The first-order valence-electron chi connectivity index (χ1n) is 6.37. The molecule has 2 nitrogen and oxygen atoms in total. The van der Waals surface area contributed by atoms with Crippen molar-refractivity contribution in [3.63, 3.8) is 0 Å². The lowest BCUT2D eigenvalue weighted by Crippen LogP contribution is -2.13. The Morgan fingerprint density at radius 3 is 2.29 bits per heavy atom. The van der Waals surface area contributed by atoms with E-state index in [-0.39, 0.29) is 12.0 Å². The molecule has 0 heterocycles. The van der Waals surface area contributed by atoms with Crippen LogP contribution in [-0.4, -0.2) is 16.3 Å². The summed E-state index contributed by atoms with van der Waals surface area (Å²) in [6, 6.07) is 5.73. The molecule has 96 valence electrons. The third kappa shape index (κ3) is 4.39. The topological polar surface area (TPSA) is 40.5 Å². The molecule has 1 rings (SSSR count). The van der Waals surface area contributed by atoms with E-state index in [0.717, 1.165) is 17.5 Å². The molecule has 0 saturated heterocycles. The van der Waals surface area contributed by atoms with E-state index >= 15 is 0 Å². The van der Waals surface area contributed by atoms with Crippen LogP contribution < -0.4 is 0 Å². The molecule has 2 atom stereocenters. The van der Waals surface area contributed by atoms with Gasteiger partial charge in [-0.3, -0.25) is 0 Å². The number of hydrogen-bond donors (Lipinski definition) is 2. The lowest BCUT2D eigenvalue weighted by atomic mass is 9.91. The normalized spacial score (nSPS) is 14.9. The largest absolute Gasteiger partial charge is 0.508 e. The van der Waals surface area contributed by atoms with Gasteiger partial charge in [0.15, 0.2) is 0 Å². The van der Waals surface area contributed by atoms with E-state index in [0.29, 0.717) is 18.1 Å². The minimum absolute atomic E-state index is 0.185. The first-order chi connectivity index (χ1) is 7.90. The van der Waals surface area contributed by atoms with Crippen molar-refractivity contribution in [1.82, 2.24) is 0 Å². The van der Waals surface area contributed by atoms with Gasteiger partial charge < -0.3 is 10.2 Å². The molecule has 0 aromatic heterocycles. The number of phenols is 1. The molecule has 1 aromatic carbocycles. The van der Waals surface area contributed by atoms with Gasteiger partial charge in [0.05, 0.1) is 6.10 Å². The molecule has 0 amide bonds. The number of aliphatic hydroxyl groups is 1. The number of benzene rings is 1. The Kier molecular flexibility index (Phi) is 5.01. The van der Waals surface area contributed by atoms with E-state index in [1.807, 2.05) is 26.0 Å². The molecule has 0 saturated carbocycles. The van der Waals surface area contributed by atoms with Crippen molar-refractivity contribution in [2.45, 2.75) is 52.6 Å². The molecule has 2 N–H and O–H groups in total. The number of rotatable bonds is 5. The minimum atomic E-state index is -0.286. The molecular weight excluding hydrogens is 212 g/mol. The van der Waals surface area contributed by atoms with Crippen molar-refractivity contribution in [3.8, 4) is 5.75 Å². The smallest absolute Gasteiger partial charge is 0.119 e. The summed E-state index contributed by atoms with van der Waals surface area (Å²) in [6.07, 6.45) is 1.23. The van der Waals surface area contributed by atoms with Crippen LogP contribution in [0.3, 0.4) is 0 Å². The molecule has 0 aliphatic carbocycles. The van der Waals surface area contributed by atoms with Crippen LogP contribution in [0.2, 0.25) is 0 Å². The van der Waals surface area contributed by atoms with Gasteiger partial charge in [-0.2, -0.15) is 0 Å². The van der Waals surface area contributed by atoms with Crippen LogP contribution in [0.5, 0.6) is 5.75 Å². The molecule has 2 heteroatoms. The van der Waals surface area contributed by atoms with Crippen molar-refractivity contribution in [2.75, 3.05) is 0 Å². The van der Waals surface area contributed by atoms with Crippen molar-refractivity contribution in [2.24, 2.45) is 5.92 Å². The molecular formula is C15H24O2. The highest BCUT2D eigenvalue weighted by Gasteiger charge is 2.16. The molecule has 17 heavy (non-hydrogen) atoms. The fraction of sp³-hybridized carbons (Fsp3) is 0.600. The zero-order valence-corrected chi connectivity index (χ0v) is 11.3. The monoisotopic (exact) mass is 236 g/mol. The Hall–Kier alpha value is -1.02. The van der Waals surface area contributed by atoms with Gasteiger partial charge >= 0.3 is 0 Å². The lowest BCUT2D eigenvalue weighted by molar-refractivity contribution is 0.132. The van der Waals surface area contributed by atoms with Crippen LogP contribution in [0.25, 0.3) is 0 Å². The SMILES string of the molecule is Cc1ccc([C@H](C)C[C@@H](O)CC(C)C)c(O)c1. The summed E-state index contributed by atoms with van der Waals surface area (Å²) < 4.78 is 0. The van der Waals surface area contributed by atoms with Crippen molar-refractivity contribution < 1.29 is 10.2 Å². The Morgan fingerprint density at radius 1 is 1.12 bits per heavy atom. The van der Waals surface area contributed by atoms with Crippen molar-refractivity contribution >= 4 is 0 Å². The van der Waals surface area contributed by atoms with Crippen molar-refractivity contribution in [3.05, 3.63) is 29.3 Å². The average Bonchev–Trinajstić information content (AvgIpc) is 2.15. The molecule has 0 fully saturated rings. The average molecular weight is 236 g/mol. The predicted molar refractivity (Wildman–Crippen MR) is 71.3 cm³/mol. The standard InChI is InChI=1S/C15H24O2/c1-10(2)7-13(16)9-12(4)14-6-5-11(3)8-15(14)17/h5-6,8,10,12-13,16-17H,7,9H2,1-4H3/t12-,13+/m1/s1. The van der Waals surface area contributed by atoms with Gasteiger partial charge in [0.1, 0.15) is 5.75 Å². The van der Waals surface area contributed by atoms with Crippen LogP contribution in [0.1, 0.15) is 50.7 Å². The Labute approximate surface area is 104 Å². The van der Waals surface area contributed by atoms with Crippen LogP contribution in [0.4, 0.5) is 0 Å². The second-order valence-corrected chi connectivity index (χ2v) is 5.48. The second-order valence-electron chi connectivity index (χ2n) is 5.48. The zero-order valence-electron chi connectivity index (χ0n) is 11.3. The van der Waals surface area contributed by atoms with E-state index < -0.39 is 0 Å². The van der Waals surface area contributed by atoms with Crippen LogP contribution in [0.15, 0.2) is 18.2 Å². The van der Waals surface area contributed by atoms with Gasteiger partial charge in [-0.1, -0.05) is 32.9 Å². The molecule has 0 radical (unpaired) electrons. The fourth-order valence-corrected chi connectivity index (χ4v) is 2.25. The van der Waals surface area contributed by atoms with Crippen LogP contribution in [-0.2, 0) is 0 Å². The number of hydrogen-bond acceptors (Lipinski definition) is 2. The quantitative estimate of drug-likeness (QED) is 0.820. The summed E-state index contributed by atoms with van der Waals surface area (Å²) in [5.74, 6) is 1.03. The van der Waals surface area contributed by atoms with E-state index in [4.69, 9.17) is 0 Å². The van der Waals surface area contributed by atoms with Gasteiger partial charge in [-0.25, -0.2) is 0 Å². The number of aryl methyl sites for hydroxylation is 1. The summed E-state index contributed by atoms with van der Waals surface area (Å²) in [7, 11) is 0. The highest BCUT2D eigenvalue weighted by atomic mass is 16.3. The molecule has 0 aliphatic heterocycles. The maximum Gasteiger partial charge on any atom is 0.119 e. The van der Waals surface area contributed by atoms with Crippen molar-refractivity contribution in [1.29, 1.82) is 0 Å². The predicted octanol–water partition coefficient (Wildman–Crippen LogP) is 3.60. The minimum Gasteiger partial charge on any atom is -0.508 e. The Bertz CT molecular complexity index is 358. The molecule has 0 aliphatic rings. The number of aromatic hydroxyl groups is 1. The molecule has 0 unspecified atom stereocenters. The summed E-state index contributed by atoms with van der Waals surface area (Å²) in [5, 5.41) is 19.8. The number of phenolic OH excluding ortho intramolecular Hbond substituents is 1. The summed E-state index contributed by atoms with van der Waals surface area (Å²) in [5.41, 5.74) is 1.99. The molecule has 0 spiro atoms. The first-order valence-corrected chi connectivity index (χ1v) is 6.37. The van der Waals surface area contributed by atoms with Gasteiger partial charge in [0.25, 0.3) is 0 Å². The van der Waals surface area contributed by atoms with Gasteiger partial charge in [0, 0.05) is 0 Å². The lowest BCUT2D eigenvalue weighted by Gasteiger charge is -2.19. The summed E-state index contributed by atoms with van der Waals surface area (Å²) in [6.45, 7) is 8.23. The van der Waals surface area contributed by atoms with Gasteiger partial charge in [-0.05, 0) is 48.8 Å². The van der Waals surface area contributed by atoms with E-state index in [1.165, 1.54) is 0 Å². The highest BCUT2D eigenvalue weighted by molar-refractivity contribution is 5.38. The van der Waals surface area contributed by atoms with E-state index in [9.17, 15) is 10.2 Å². The first kappa shape index (κ1) is 14.0. The highest BCUT2D eigenvalue weighted by Crippen LogP contribution is 2.30. The number of aliphatic hydroxyl groups excluding tert-OH is 1. The van der Waals surface area contributed by atoms with Crippen LogP contribution >= 0.6 is 0 Å². The summed E-state index contributed by atoms with van der Waals surface area (Å²) in [4.78, 5) is 0. The summed E-state index contributed by atoms with van der Waals surface area (Å²) >= 11 is 0. The fourth-order valence-electron chi connectivity index (χ4n) is 2.25. The van der Waals surface area contributed by atoms with E-state index in [1.54, 1.807) is 6.07 Å². The molecule has 0 bridgehead atoms. The molecule has 1 aromatic rings. The van der Waals surface area contributed by atoms with Gasteiger partial charge in [0.2, 0.25) is 0 Å². The van der Waals surface area contributed by atoms with E-state index in [2.05, 4.69) is 13.8 Å². The third-order valence-electron chi connectivity index (χ3n) is 3.09. The zero-order chi connectivity index (χ0) is 13.0. The second kappa shape index (κ2) is 6.06. The maximum absolute atomic E-state index is 9.92. The maximum atomic E-state index is 9.92. The third-order valence-corrected chi connectivity index (χ3v) is 3.09. The Morgan fingerprint density at radius 2 is 1.76 bits per heavy atom.